The minimum atomic E-state index is -0.789. The largest absolute Gasteiger partial charge is 0.462 e. The summed E-state index contributed by atoms with van der Waals surface area (Å²) in [5, 5.41) is 23.7. The summed E-state index contributed by atoms with van der Waals surface area (Å²) >= 11 is 0. The number of esters is 1. The van der Waals surface area contributed by atoms with Gasteiger partial charge >= 0.3 is 5.97 Å². The van der Waals surface area contributed by atoms with E-state index in [1.54, 1.807) is 0 Å². The average Bonchev–Trinajstić information content (AvgIpc) is 3.20. The Bertz CT molecular complexity index is 904. The Kier molecular flexibility index (Phi) is 44.1. The quantitative estimate of drug-likeness (QED) is 0.0324. The first-order valence-electron chi connectivity index (χ1n) is 25.1. The van der Waals surface area contributed by atoms with Gasteiger partial charge in [-0.05, 0) is 77.0 Å². The molecule has 0 radical (unpaired) electrons. The van der Waals surface area contributed by atoms with E-state index in [9.17, 15) is 19.8 Å². The maximum absolute atomic E-state index is 13.1. The van der Waals surface area contributed by atoms with E-state index in [1.165, 1.54) is 148 Å². The molecule has 0 aliphatic heterocycles. The predicted molar refractivity (Wildman–Crippen MR) is 246 cm³/mol. The summed E-state index contributed by atoms with van der Waals surface area (Å²) in [6.07, 6.45) is 51.0. The summed E-state index contributed by atoms with van der Waals surface area (Å²) in [4.78, 5) is 26.0. The van der Waals surface area contributed by atoms with E-state index in [-0.39, 0.29) is 24.9 Å². The number of hydrogen-bond acceptors (Lipinski definition) is 5. The lowest BCUT2D eigenvalue weighted by atomic mass is 10.0. The van der Waals surface area contributed by atoms with Crippen LogP contribution in [0.1, 0.15) is 265 Å². The second kappa shape index (κ2) is 45.4. The van der Waals surface area contributed by atoms with Crippen molar-refractivity contribution in [3.63, 3.8) is 0 Å². The molecule has 0 saturated carbocycles. The molecule has 0 heterocycles. The highest BCUT2D eigenvalue weighted by Crippen LogP contribution is 2.17. The Labute approximate surface area is 354 Å². The Morgan fingerprint density at radius 2 is 0.842 bits per heavy atom. The molecule has 3 atom stereocenters. The highest BCUT2D eigenvalue weighted by atomic mass is 16.5. The van der Waals surface area contributed by atoms with Crippen LogP contribution in [0.4, 0.5) is 0 Å². The zero-order valence-corrected chi connectivity index (χ0v) is 38.2. The highest BCUT2D eigenvalue weighted by molar-refractivity contribution is 5.77. The van der Waals surface area contributed by atoms with Gasteiger partial charge in [-0.25, -0.2) is 0 Å². The first-order chi connectivity index (χ1) is 28.0. The van der Waals surface area contributed by atoms with Gasteiger partial charge in [0.1, 0.15) is 6.10 Å². The van der Waals surface area contributed by atoms with Gasteiger partial charge in [0.25, 0.3) is 0 Å². The highest BCUT2D eigenvalue weighted by Gasteiger charge is 2.24. The molecule has 0 bridgehead atoms. The van der Waals surface area contributed by atoms with Crippen LogP contribution in [0.3, 0.4) is 0 Å². The smallest absolute Gasteiger partial charge is 0.306 e. The van der Waals surface area contributed by atoms with Crippen LogP contribution < -0.4 is 5.32 Å². The van der Waals surface area contributed by atoms with Crippen molar-refractivity contribution in [2.45, 2.75) is 283 Å². The van der Waals surface area contributed by atoms with Crippen LogP contribution in [0.5, 0.6) is 0 Å². The molecule has 0 aliphatic rings. The van der Waals surface area contributed by atoms with Crippen molar-refractivity contribution in [2.75, 3.05) is 6.61 Å². The van der Waals surface area contributed by atoms with Crippen molar-refractivity contribution < 1.29 is 24.5 Å². The maximum Gasteiger partial charge on any atom is 0.306 e. The molecular formula is C51H97NO5. The number of allylic oxidation sites excluding steroid dienone is 4. The molecule has 0 spiro atoms. The van der Waals surface area contributed by atoms with E-state index in [0.29, 0.717) is 19.3 Å². The second-order valence-corrected chi connectivity index (χ2v) is 17.2. The minimum absolute atomic E-state index is 0.0641. The number of rotatable bonds is 45. The molecule has 6 nitrogen and oxygen atoms in total. The third kappa shape index (κ3) is 40.9. The van der Waals surface area contributed by atoms with Gasteiger partial charge in [0.2, 0.25) is 5.91 Å². The summed E-state index contributed by atoms with van der Waals surface area (Å²) in [5.74, 6) is -0.501. The Hall–Kier alpha value is -1.66. The molecule has 57 heavy (non-hydrogen) atoms. The van der Waals surface area contributed by atoms with Crippen molar-refractivity contribution in [2.24, 2.45) is 0 Å². The molecule has 0 aromatic carbocycles. The van der Waals surface area contributed by atoms with Gasteiger partial charge in [0.15, 0.2) is 0 Å². The zero-order chi connectivity index (χ0) is 41.7. The molecule has 0 aliphatic carbocycles. The number of ether oxygens (including phenoxy) is 1. The van der Waals surface area contributed by atoms with Crippen LogP contribution in [0.2, 0.25) is 0 Å². The Morgan fingerprint density at radius 1 is 0.491 bits per heavy atom. The van der Waals surface area contributed by atoms with Crippen molar-refractivity contribution in [1.29, 1.82) is 0 Å². The van der Waals surface area contributed by atoms with Crippen molar-refractivity contribution >= 4 is 11.9 Å². The fraction of sp³-hybridized carbons (Fsp3) is 0.882. The molecule has 3 unspecified atom stereocenters. The topological polar surface area (TPSA) is 95.9 Å². The fourth-order valence-corrected chi connectivity index (χ4v) is 7.65. The zero-order valence-electron chi connectivity index (χ0n) is 38.2. The van der Waals surface area contributed by atoms with Crippen LogP contribution in [0.15, 0.2) is 24.3 Å². The van der Waals surface area contributed by atoms with Crippen molar-refractivity contribution in [3.05, 3.63) is 24.3 Å². The minimum Gasteiger partial charge on any atom is -0.462 e. The number of hydrogen-bond donors (Lipinski definition) is 3. The third-order valence-electron chi connectivity index (χ3n) is 11.5. The molecule has 336 valence electrons. The summed E-state index contributed by atoms with van der Waals surface area (Å²) in [5.41, 5.74) is 0. The summed E-state index contributed by atoms with van der Waals surface area (Å²) in [6.45, 7) is 6.45. The van der Waals surface area contributed by atoms with Gasteiger partial charge in [0, 0.05) is 6.42 Å². The lowest BCUT2D eigenvalue weighted by molar-refractivity contribution is -0.151. The molecule has 6 heteroatoms. The van der Waals surface area contributed by atoms with Crippen LogP contribution >= 0.6 is 0 Å². The van der Waals surface area contributed by atoms with Crippen LogP contribution in [0.25, 0.3) is 0 Å². The van der Waals surface area contributed by atoms with Crippen LogP contribution in [-0.2, 0) is 14.3 Å². The maximum atomic E-state index is 13.1. The Morgan fingerprint density at radius 3 is 1.30 bits per heavy atom. The standard InChI is InChI=1S/C51H97NO5/c1-4-7-10-13-16-19-22-24-25-27-28-31-34-37-40-43-49(54)48(46-53)52-50(55)45-47(42-39-36-33-30-21-18-15-12-9-6-3)57-51(56)44-41-38-35-32-29-26-23-20-17-14-11-8-5-2/h18,21,26,29,47-49,53-54H,4-17,19-20,22-25,27-28,30-46H2,1-3H3,(H,52,55)/b21-18-,29-26-. The summed E-state index contributed by atoms with van der Waals surface area (Å²) in [7, 11) is 0. The van der Waals surface area contributed by atoms with Gasteiger partial charge in [-0.2, -0.15) is 0 Å². The van der Waals surface area contributed by atoms with Gasteiger partial charge in [-0.15, -0.1) is 0 Å². The van der Waals surface area contributed by atoms with Crippen LogP contribution in [-0.4, -0.2) is 46.9 Å². The van der Waals surface area contributed by atoms with Gasteiger partial charge in [-0.3, -0.25) is 9.59 Å². The molecule has 1 amide bonds. The number of aliphatic hydroxyl groups is 2. The summed E-state index contributed by atoms with van der Waals surface area (Å²) < 4.78 is 5.89. The molecule has 0 rings (SSSR count). The molecule has 0 fully saturated rings. The molecular weight excluding hydrogens is 707 g/mol. The van der Waals surface area contributed by atoms with E-state index in [2.05, 4.69) is 50.4 Å². The van der Waals surface area contributed by atoms with Gasteiger partial charge in [-0.1, -0.05) is 199 Å². The molecule has 0 saturated heterocycles. The lowest BCUT2D eigenvalue weighted by Gasteiger charge is -2.24. The monoisotopic (exact) mass is 804 g/mol. The number of carbonyl (C=O) groups is 2. The average molecular weight is 804 g/mol. The van der Waals surface area contributed by atoms with Gasteiger partial charge < -0.3 is 20.3 Å². The van der Waals surface area contributed by atoms with Gasteiger partial charge in [0.05, 0.1) is 25.2 Å². The fourth-order valence-electron chi connectivity index (χ4n) is 7.65. The number of carbonyl (C=O) groups excluding carboxylic acids is 2. The first-order valence-corrected chi connectivity index (χ1v) is 25.1. The number of nitrogens with one attached hydrogen (secondary N) is 1. The third-order valence-corrected chi connectivity index (χ3v) is 11.5. The first kappa shape index (κ1) is 55.3. The normalized spacial score (nSPS) is 13.4. The second-order valence-electron chi connectivity index (χ2n) is 17.2. The van der Waals surface area contributed by atoms with E-state index < -0.39 is 18.2 Å². The van der Waals surface area contributed by atoms with Crippen molar-refractivity contribution in [1.82, 2.24) is 5.32 Å². The number of aliphatic hydroxyl groups excluding tert-OH is 2. The van der Waals surface area contributed by atoms with E-state index >= 15 is 0 Å². The SMILES string of the molecule is CCCCC/C=C\CCCCCC(CC(=O)NC(CO)C(O)CCCCCCCCCCCCCCCCC)OC(=O)CCCCC/C=C\CCCCCCCC. The van der Waals surface area contributed by atoms with Crippen molar-refractivity contribution in [3.8, 4) is 0 Å². The van der Waals surface area contributed by atoms with E-state index in [4.69, 9.17) is 4.74 Å². The molecule has 0 aromatic rings. The van der Waals surface area contributed by atoms with Crippen LogP contribution in [0, 0.1) is 0 Å². The lowest BCUT2D eigenvalue weighted by Crippen LogP contribution is -2.46. The number of amides is 1. The van der Waals surface area contributed by atoms with E-state index in [0.717, 1.165) is 70.6 Å². The molecule has 0 aromatic heterocycles. The Balaban J connectivity index is 4.51. The molecule has 3 N–H and O–H groups in total. The predicted octanol–water partition coefficient (Wildman–Crippen LogP) is 14.7. The summed E-state index contributed by atoms with van der Waals surface area (Å²) in [6, 6.07) is -0.704. The number of unbranched alkanes of at least 4 members (excludes halogenated alkanes) is 29. The van der Waals surface area contributed by atoms with E-state index in [1.807, 2.05) is 0 Å².